The summed E-state index contributed by atoms with van der Waals surface area (Å²) < 4.78 is 0. The number of carboxylic acids is 1. The number of rotatable bonds is 14. The molecule has 0 aromatic carbocycles. The average Bonchev–Trinajstić information content (AvgIpc) is 2.62. The van der Waals surface area contributed by atoms with Gasteiger partial charge in [0.1, 0.15) is 0 Å². The van der Waals surface area contributed by atoms with Crippen LogP contribution in [0.2, 0.25) is 0 Å². The number of ketones is 1. The second-order valence-corrected chi connectivity index (χ2v) is 7.33. The second-order valence-electron chi connectivity index (χ2n) is 7.33. The summed E-state index contributed by atoms with van der Waals surface area (Å²) in [7, 11) is 0. The van der Waals surface area contributed by atoms with E-state index < -0.39 is 11.8 Å². The minimum Gasteiger partial charge on any atom is -0.475 e. The Morgan fingerprint density at radius 1 is 0.960 bits per heavy atom. The van der Waals surface area contributed by atoms with E-state index in [1.165, 1.54) is 44.9 Å². The Kier molecular flexibility index (Phi) is 12.3. The van der Waals surface area contributed by atoms with E-state index in [4.69, 9.17) is 5.11 Å². The first kappa shape index (κ1) is 21.9. The molecule has 1 aliphatic heterocycles. The van der Waals surface area contributed by atoms with Gasteiger partial charge in [0.05, 0.1) is 0 Å². The number of hydrogen-bond donors (Lipinski definition) is 1. The van der Waals surface area contributed by atoms with E-state index in [1.807, 2.05) is 0 Å². The van der Waals surface area contributed by atoms with E-state index in [0.717, 1.165) is 38.8 Å². The van der Waals surface area contributed by atoms with Crippen LogP contribution in [0.25, 0.3) is 0 Å². The van der Waals surface area contributed by atoms with E-state index in [1.54, 1.807) is 0 Å². The van der Waals surface area contributed by atoms with Gasteiger partial charge in [-0.05, 0) is 58.0 Å². The fourth-order valence-electron chi connectivity index (χ4n) is 3.51. The highest BCUT2D eigenvalue weighted by Crippen LogP contribution is 2.17. The van der Waals surface area contributed by atoms with Crippen molar-refractivity contribution in [2.24, 2.45) is 5.92 Å². The molecule has 0 aromatic rings. The van der Waals surface area contributed by atoms with Crippen molar-refractivity contribution < 1.29 is 14.7 Å². The van der Waals surface area contributed by atoms with Crippen LogP contribution >= 0.6 is 0 Å². The van der Waals surface area contributed by atoms with Crippen LogP contribution in [0.4, 0.5) is 0 Å². The number of allylic oxidation sites excluding steroid dienone is 2. The number of nitrogens with zero attached hydrogens (tertiary/aromatic N) is 1. The Hall–Kier alpha value is -1.16. The number of hydrogen-bond acceptors (Lipinski definition) is 3. The van der Waals surface area contributed by atoms with E-state index in [0.29, 0.717) is 13.0 Å². The maximum absolute atomic E-state index is 12.0. The van der Waals surface area contributed by atoms with Crippen LogP contribution in [-0.4, -0.2) is 41.4 Å². The highest BCUT2D eigenvalue weighted by Gasteiger charge is 2.26. The number of carbonyl (C=O) groups excluding carboxylic acids is 1. The van der Waals surface area contributed by atoms with E-state index in [2.05, 4.69) is 24.0 Å². The van der Waals surface area contributed by atoms with Gasteiger partial charge in [0.25, 0.3) is 0 Å². The quantitative estimate of drug-likeness (QED) is 0.277. The highest BCUT2D eigenvalue weighted by molar-refractivity contribution is 6.33. The molecule has 25 heavy (non-hydrogen) atoms. The van der Waals surface area contributed by atoms with E-state index in [-0.39, 0.29) is 5.92 Å². The molecule has 1 atom stereocenters. The predicted octanol–water partition coefficient (Wildman–Crippen LogP) is 4.83. The topological polar surface area (TPSA) is 57.6 Å². The fourth-order valence-corrected chi connectivity index (χ4v) is 3.51. The number of likely N-dealkylation sites (tertiary alicyclic amines) is 1. The number of piperidine rings is 1. The van der Waals surface area contributed by atoms with Crippen LogP contribution in [0, 0.1) is 5.92 Å². The van der Waals surface area contributed by atoms with Gasteiger partial charge < -0.3 is 10.0 Å². The van der Waals surface area contributed by atoms with Gasteiger partial charge in [0, 0.05) is 12.5 Å². The average molecular weight is 352 g/mol. The predicted molar refractivity (Wildman–Crippen MR) is 103 cm³/mol. The van der Waals surface area contributed by atoms with Gasteiger partial charge in [-0.25, -0.2) is 4.79 Å². The molecule has 0 aromatic heterocycles. The standard InChI is InChI=1S/C21H37NO3/c1-2-3-4-5-6-7-8-9-10-12-15-19(20(23)21(24)25)18-22-16-13-11-14-17-22/h6-7,19H,2-5,8-18H2,1H3,(H,24,25). The Morgan fingerprint density at radius 3 is 2.20 bits per heavy atom. The molecule has 0 spiro atoms. The number of carbonyl (C=O) groups is 2. The first-order valence-corrected chi connectivity index (χ1v) is 10.3. The molecule has 144 valence electrons. The number of carboxylic acid groups (broad SMARTS) is 1. The molecule has 1 unspecified atom stereocenters. The van der Waals surface area contributed by atoms with Crippen molar-refractivity contribution in [3.8, 4) is 0 Å². The number of Topliss-reactive ketones (excluding diaryl/α,β-unsaturated/α-hetero) is 1. The monoisotopic (exact) mass is 351 g/mol. The van der Waals surface area contributed by atoms with E-state index >= 15 is 0 Å². The molecule has 1 N–H and O–H groups in total. The summed E-state index contributed by atoms with van der Waals surface area (Å²) in [5, 5.41) is 9.07. The third-order valence-corrected chi connectivity index (χ3v) is 5.07. The van der Waals surface area contributed by atoms with Crippen molar-refractivity contribution in [3.63, 3.8) is 0 Å². The van der Waals surface area contributed by atoms with Crippen molar-refractivity contribution in [2.45, 2.75) is 84.0 Å². The summed E-state index contributed by atoms with van der Waals surface area (Å²) in [6.07, 6.45) is 18.1. The second kappa shape index (κ2) is 14.1. The van der Waals surface area contributed by atoms with Crippen LogP contribution in [0.5, 0.6) is 0 Å². The van der Waals surface area contributed by atoms with Crippen LogP contribution in [0.15, 0.2) is 12.2 Å². The van der Waals surface area contributed by atoms with Gasteiger partial charge in [0.15, 0.2) is 0 Å². The van der Waals surface area contributed by atoms with Crippen molar-refractivity contribution in [1.29, 1.82) is 0 Å². The van der Waals surface area contributed by atoms with E-state index in [9.17, 15) is 9.59 Å². The first-order valence-electron chi connectivity index (χ1n) is 10.3. The molecule has 0 saturated carbocycles. The van der Waals surface area contributed by atoms with Crippen LogP contribution in [0.3, 0.4) is 0 Å². The van der Waals surface area contributed by atoms with Gasteiger partial charge in [-0.15, -0.1) is 0 Å². The van der Waals surface area contributed by atoms with Gasteiger partial charge >= 0.3 is 5.97 Å². The van der Waals surface area contributed by atoms with Crippen molar-refractivity contribution in [3.05, 3.63) is 12.2 Å². The van der Waals surface area contributed by atoms with Gasteiger partial charge in [-0.3, -0.25) is 4.79 Å². The van der Waals surface area contributed by atoms with Gasteiger partial charge in [-0.1, -0.05) is 51.2 Å². The third kappa shape index (κ3) is 10.4. The number of unbranched alkanes of at least 4 members (excludes halogenated alkanes) is 6. The van der Waals surface area contributed by atoms with Crippen LogP contribution < -0.4 is 0 Å². The first-order chi connectivity index (χ1) is 12.1. The van der Waals surface area contributed by atoms with Crippen LogP contribution in [0.1, 0.15) is 84.0 Å². The smallest absolute Gasteiger partial charge is 0.372 e. The molecule has 0 aliphatic carbocycles. The molecular weight excluding hydrogens is 314 g/mol. The van der Waals surface area contributed by atoms with Gasteiger partial charge in [0.2, 0.25) is 5.78 Å². The lowest BCUT2D eigenvalue weighted by atomic mass is 9.94. The highest BCUT2D eigenvalue weighted by atomic mass is 16.4. The Labute approximate surface area is 153 Å². The Morgan fingerprint density at radius 2 is 1.60 bits per heavy atom. The molecule has 0 radical (unpaired) electrons. The maximum atomic E-state index is 12.0. The van der Waals surface area contributed by atoms with Crippen LogP contribution in [-0.2, 0) is 9.59 Å². The molecule has 4 heteroatoms. The molecule has 0 bridgehead atoms. The molecule has 0 amide bonds. The zero-order valence-electron chi connectivity index (χ0n) is 16.0. The fraction of sp³-hybridized carbons (Fsp3) is 0.810. The lowest BCUT2D eigenvalue weighted by Gasteiger charge is -2.29. The molecule has 1 saturated heterocycles. The summed E-state index contributed by atoms with van der Waals surface area (Å²) >= 11 is 0. The molecule has 1 fully saturated rings. The summed E-state index contributed by atoms with van der Waals surface area (Å²) in [4.78, 5) is 25.3. The molecule has 4 nitrogen and oxygen atoms in total. The zero-order chi connectivity index (χ0) is 18.3. The molecule has 1 aliphatic rings. The summed E-state index contributed by atoms with van der Waals surface area (Å²) in [6, 6.07) is 0. The largest absolute Gasteiger partial charge is 0.475 e. The summed E-state index contributed by atoms with van der Waals surface area (Å²) in [5.74, 6) is -2.20. The summed E-state index contributed by atoms with van der Waals surface area (Å²) in [6.45, 7) is 4.86. The molecule has 1 rings (SSSR count). The lowest BCUT2D eigenvalue weighted by molar-refractivity contribution is -0.151. The SMILES string of the molecule is CCCCCC=CCCCCCC(CN1CCCCC1)C(=O)C(=O)O. The van der Waals surface area contributed by atoms with Crippen molar-refractivity contribution in [1.82, 2.24) is 4.90 Å². The third-order valence-electron chi connectivity index (χ3n) is 5.07. The van der Waals surface area contributed by atoms with Gasteiger partial charge in [-0.2, -0.15) is 0 Å². The minimum atomic E-state index is -1.27. The molecular formula is C21H37NO3. The van der Waals surface area contributed by atoms with Crippen molar-refractivity contribution >= 4 is 11.8 Å². The van der Waals surface area contributed by atoms with Crippen molar-refractivity contribution in [2.75, 3.05) is 19.6 Å². The zero-order valence-corrected chi connectivity index (χ0v) is 16.0. The maximum Gasteiger partial charge on any atom is 0.372 e. The summed E-state index contributed by atoms with van der Waals surface area (Å²) in [5.41, 5.74) is 0. The Bertz CT molecular complexity index is 400. The lowest BCUT2D eigenvalue weighted by Crippen LogP contribution is -2.38. The number of aliphatic carboxylic acids is 1. The molecule has 1 heterocycles. The normalized spacial score (nSPS) is 17.0. The minimum absolute atomic E-state index is 0.333. The Balaban J connectivity index is 2.21.